The van der Waals surface area contributed by atoms with Gasteiger partial charge in [-0.15, -0.1) is 11.3 Å². The highest BCUT2D eigenvalue weighted by molar-refractivity contribution is 7.14. The number of anilines is 1. The number of aliphatic hydroxyl groups excluding tert-OH is 1. The van der Waals surface area contributed by atoms with E-state index < -0.39 is 11.7 Å². The van der Waals surface area contributed by atoms with Gasteiger partial charge < -0.3 is 10.4 Å². The summed E-state index contributed by atoms with van der Waals surface area (Å²) >= 11 is 1.20. The summed E-state index contributed by atoms with van der Waals surface area (Å²) in [6.45, 7) is 1.59. The lowest BCUT2D eigenvalue weighted by Gasteiger charge is -2.03. The second kappa shape index (κ2) is 6.28. The maximum absolute atomic E-state index is 13.4. The molecular formula is C14H11FN2O2S. The molecule has 0 aliphatic heterocycles. The third-order valence-corrected chi connectivity index (χ3v) is 3.59. The molecule has 0 aliphatic carbocycles. The number of nitrogens with one attached hydrogen (secondary N) is 1. The van der Waals surface area contributed by atoms with Crippen LogP contribution in [-0.2, 0) is 0 Å². The monoisotopic (exact) mass is 290 g/mol. The molecule has 0 bridgehead atoms. The number of carbonyl (C=O) groups is 1. The number of pyridine rings is 1. The van der Waals surface area contributed by atoms with Crippen LogP contribution in [0.2, 0.25) is 0 Å². The molecule has 0 saturated heterocycles. The Bertz CT molecular complexity index is 701. The van der Waals surface area contributed by atoms with Crippen LogP contribution in [0.1, 0.15) is 20.1 Å². The minimum absolute atomic E-state index is 0.0824. The topological polar surface area (TPSA) is 62.2 Å². The van der Waals surface area contributed by atoms with Crippen LogP contribution in [0.15, 0.2) is 24.5 Å². The predicted molar refractivity (Wildman–Crippen MR) is 75.2 cm³/mol. The van der Waals surface area contributed by atoms with Gasteiger partial charge in [-0.2, -0.15) is 0 Å². The van der Waals surface area contributed by atoms with Gasteiger partial charge in [0.1, 0.15) is 6.61 Å². The number of halogens is 1. The van der Waals surface area contributed by atoms with Gasteiger partial charge in [0.05, 0.1) is 21.6 Å². The molecular weight excluding hydrogens is 279 g/mol. The van der Waals surface area contributed by atoms with Crippen LogP contribution in [0, 0.1) is 24.6 Å². The zero-order valence-corrected chi connectivity index (χ0v) is 11.4. The summed E-state index contributed by atoms with van der Waals surface area (Å²) in [7, 11) is 0. The van der Waals surface area contributed by atoms with E-state index >= 15 is 0 Å². The Labute approximate surface area is 119 Å². The lowest BCUT2D eigenvalue weighted by Crippen LogP contribution is -2.11. The van der Waals surface area contributed by atoms with Gasteiger partial charge >= 0.3 is 0 Å². The molecule has 0 fully saturated rings. The first-order chi connectivity index (χ1) is 9.61. The van der Waals surface area contributed by atoms with E-state index in [1.807, 2.05) is 6.92 Å². The van der Waals surface area contributed by atoms with E-state index in [4.69, 9.17) is 5.11 Å². The molecule has 6 heteroatoms. The summed E-state index contributed by atoms with van der Waals surface area (Å²) in [5.41, 5.74) is 0.926. The van der Waals surface area contributed by atoms with Crippen molar-refractivity contribution in [1.82, 2.24) is 4.98 Å². The lowest BCUT2D eigenvalue weighted by atomic mass is 10.2. The molecule has 0 aliphatic rings. The van der Waals surface area contributed by atoms with Gasteiger partial charge in [0.15, 0.2) is 5.82 Å². The van der Waals surface area contributed by atoms with Crippen LogP contribution in [-0.4, -0.2) is 22.6 Å². The molecule has 2 rings (SSSR count). The van der Waals surface area contributed by atoms with Crippen molar-refractivity contribution in [1.29, 1.82) is 0 Å². The number of hydrogen-bond acceptors (Lipinski definition) is 4. The SMILES string of the molecule is Cc1cc(C(=O)Nc2ccncc2F)sc1C#CCO. The Kier molecular flexibility index (Phi) is 4.45. The molecule has 1 amide bonds. The van der Waals surface area contributed by atoms with Crippen LogP contribution in [0.5, 0.6) is 0 Å². The van der Waals surface area contributed by atoms with Crippen LogP contribution in [0.25, 0.3) is 0 Å². The second-order valence-corrected chi connectivity index (χ2v) is 4.94. The third kappa shape index (κ3) is 3.20. The minimum atomic E-state index is -0.588. The first-order valence-electron chi connectivity index (χ1n) is 5.73. The van der Waals surface area contributed by atoms with Gasteiger partial charge in [-0.05, 0) is 24.6 Å². The summed E-state index contributed by atoms with van der Waals surface area (Å²) in [6, 6.07) is 3.07. The maximum Gasteiger partial charge on any atom is 0.265 e. The molecule has 2 heterocycles. The van der Waals surface area contributed by atoms with Crippen molar-refractivity contribution in [2.24, 2.45) is 0 Å². The van der Waals surface area contributed by atoms with Gasteiger partial charge in [0.25, 0.3) is 5.91 Å². The second-order valence-electron chi connectivity index (χ2n) is 3.89. The minimum Gasteiger partial charge on any atom is -0.384 e. The number of rotatable bonds is 2. The molecule has 20 heavy (non-hydrogen) atoms. The fourth-order valence-corrected chi connectivity index (χ4v) is 2.44. The average molecular weight is 290 g/mol. The van der Waals surface area contributed by atoms with E-state index in [2.05, 4.69) is 22.1 Å². The molecule has 2 aromatic rings. The molecule has 0 spiro atoms. The van der Waals surface area contributed by atoms with E-state index in [-0.39, 0.29) is 12.3 Å². The summed E-state index contributed by atoms with van der Waals surface area (Å²) in [6.07, 6.45) is 2.43. The largest absolute Gasteiger partial charge is 0.384 e. The van der Waals surface area contributed by atoms with E-state index in [0.717, 1.165) is 11.8 Å². The van der Waals surface area contributed by atoms with Crippen LogP contribution < -0.4 is 5.32 Å². The number of amides is 1. The summed E-state index contributed by atoms with van der Waals surface area (Å²) < 4.78 is 13.4. The molecule has 2 aromatic heterocycles. The van der Waals surface area contributed by atoms with Crippen molar-refractivity contribution in [2.75, 3.05) is 11.9 Å². The molecule has 0 atom stereocenters. The van der Waals surface area contributed by atoms with E-state index in [9.17, 15) is 9.18 Å². The normalized spacial score (nSPS) is 9.75. The molecule has 102 valence electrons. The highest BCUT2D eigenvalue weighted by atomic mass is 32.1. The first kappa shape index (κ1) is 14.2. The number of carbonyl (C=O) groups excluding carboxylic acids is 1. The van der Waals surface area contributed by atoms with Crippen LogP contribution in [0.3, 0.4) is 0 Å². The number of hydrogen-bond donors (Lipinski definition) is 2. The Morgan fingerprint density at radius 2 is 2.40 bits per heavy atom. The van der Waals surface area contributed by atoms with Crippen molar-refractivity contribution >= 4 is 22.9 Å². The highest BCUT2D eigenvalue weighted by Gasteiger charge is 2.13. The lowest BCUT2D eigenvalue weighted by molar-refractivity contribution is 0.103. The molecule has 4 nitrogen and oxygen atoms in total. The molecule has 0 unspecified atom stereocenters. The van der Waals surface area contributed by atoms with Crippen LogP contribution in [0.4, 0.5) is 10.1 Å². The van der Waals surface area contributed by atoms with Crippen molar-refractivity contribution in [3.05, 3.63) is 45.7 Å². The van der Waals surface area contributed by atoms with Gasteiger partial charge in [0.2, 0.25) is 0 Å². The molecule has 0 radical (unpaired) electrons. The summed E-state index contributed by atoms with van der Waals surface area (Å²) in [4.78, 5) is 16.8. The summed E-state index contributed by atoms with van der Waals surface area (Å²) in [5, 5.41) is 11.1. The van der Waals surface area contributed by atoms with Crippen molar-refractivity contribution in [2.45, 2.75) is 6.92 Å². The van der Waals surface area contributed by atoms with Gasteiger partial charge in [0, 0.05) is 6.20 Å². The number of aryl methyl sites for hydroxylation is 1. The number of aliphatic hydroxyl groups is 1. The zero-order chi connectivity index (χ0) is 14.5. The van der Waals surface area contributed by atoms with Gasteiger partial charge in [-0.1, -0.05) is 11.8 Å². The molecule has 0 saturated carbocycles. The Hall–Kier alpha value is -2.23. The van der Waals surface area contributed by atoms with E-state index in [1.54, 1.807) is 6.07 Å². The fraction of sp³-hybridized carbons (Fsp3) is 0.143. The Morgan fingerprint density at radius 3 is 3.10 bits per heavy atom. The summed E-state index contributed by atoms with van der Waals surface area (Å²) in [5.74, 6) is 4.31. The Morgan fingerprint density at radius 1 is 1.60 bits per heavy atom. The fourth-order valence-electron chi connectivity index (χ4n) is 1.50. The van der Waals surface area contributed by atoms with Crippen molar-refractivity contribution in [3.8, 4) is 11.8 Å². The number of thiophene rings is 1. The number of nitrogens with zero attached hydrogens (tertiary/aromatic N) is 1. The van der Waals surface area contributed by atoms with Crippen molar-refractivity contribution < 1.29 is 14.3 Å². The quantitative estimate of drug-likeness (QED) is 0.833. The van der Waals surface area contributed by atoms with Gasteiger partial charge in [-0.25, -0.2) is 4.39 Å². The van der Waals surface area contributed by atoms with E-state index in [0.29, 0.717) is 9.75 Å². The predicted octanol–water partition coefficient (Wildman–Crippen LogP) is 2.19. The molecule has 0 aromatic carbocycles. The third-order valence-electron chi connectivity index (χ3n) is 2.44. The van der Waals surface area contributed by atoms with Crippen LogP contribution >= 0.6 is 11.3 Å². The van der Waals surface area contributed by atoms with Crippen molar-refractivity contribution in [3.63, 3.8) is 0 Å². The smallest absolute Gasteiger partial charge is 0.265 e. The number of aromatic nitrogens is 1. The Balaban J connectivity index is 2.20. The molecule has 2 N–H and O–H groups in total. The van der Waals surface area contributed by atoms with Gasteiger partial charge in [-0.3, -0.25) is 9.78 Å². The maximum atomic E-state index is 13.4. The zero-order valence-electron chi connectivity index (χ0n) is 10.6. The standard InChI is InChI=1S/C14H11FN2O2S/c1-9-7-13(20-12(9)3-2-6-18)14(19)17-11-4-5-16-8-10(11)15/h4-5,7-8,18H,6H2,1H3,(H,16,17,19). The first-order valence-corrected chi connectivity index (χ1v) is 6.54. The highest BCUT2D eigenvalue weighted by Crippen LogP contribution is 2.22. The van der Waals surface area contributed by atoms with E-state index in [1.165, 1.54) is 23.6 Å². The average Bonchev–Trinajstić information content (AvgIpc) is 2.80.